The molecule has 1 N–H and O–H groups in total. The Morgan fingerprint density at radius 3 is 3.04 bits per heavy atom. The molecule has 2 aliphatic rings. The van der Waals surface area contributed by atoms with E-state index in [4.69, 9.17) is 4.98 Å². The van der Waals surface area contributed by atoms with E-state index in [1.165, 1.54) is 12.8 Å². The van der Waals surface area contributed by atoms with Crippen LogP contribution in [0.5, 0.6) is 0 Å². The van der Waals surface area contributed by atoms with E-state index in [2.05, 4.69) is 26.8 Å². The van der Waals surface area contributed by atoms with Crippen LogP contribution in [0, 0.1) is 5.92 Å². The van der Waals surface area contributed by atoms with E-state index >= 15 is 0 Å². The van der Waals surface area contributed by atoms with Crippen molar-refractivity contribution in [2.24, 2.45) is 5.92 Å². The molecular formula is C21H30N6O. The average Bonchev–Trinajstić information content (AvgIpc) is 3.20. The third-order valence-electron chi connectivity index (χ3n) is 5.90. The highest BCUT2D eigenvalue weighted by molar-refractivity contribution is 5.78. The van der Waals surface area contributed by atoms with Crippen LogP contribution in [0.3, 0.4) is 0 Å². The smallest absolute Gasteiger partial charge is 0.227 e. The van der Waals surface area contributed by atoms with Gasteiger partial charge in [-0.15, -0.1) is 0 Å². The molecule has 150 valence electrons. The lowest BCUT2D eigenvalue weighted by molar-refractivity contribution is -0.136. The van der Waals surface area contributed by atoms with Crippen molar-refractivity contribution >= 4 is 5.91 Å². The van der Waals surface area contributed by atoms with E-state index in [1.807, 2.05) is 30.4 Å². The largest absolute Gasteiger partial charge is 0.338 e. The molecule has 2 atom stereocenters. The van der Waals surface area contributed by atoms with Gasteiger partial charge in [0.05, 0.1) is 17.7 Å². The predicted molar refractivity (Wildman–Crippen MR) is 107 cm³/mol. The van der Waals surface area contributed by atoms with E-state index in [-0.39, 0.29) is 17.9 Å². The number of fused-ring (bicyclic) bond motifs is 1. The van der Waals surface area contributed by atoms with Gasteiger partial charge in [0.1, 0.15) is 11.6 Å². The van der Waals surface area contributed by atoms with Crippen LogP contribution in [0.15, 0.2) is 18.6 Å². The molecular weight excluding hydrogens is 352 g/mol. The molecule has 0 saturated carbocycles. The minimum atomic E-state index is -0.0762. The summed E-state index contributed by atoms with van der Waals surface area (Å²) in [6.07, 6.45) is 11.0. The Morgan fingerprint density at radius 1 is 1.36 bits per heavy atom. The van der Waals surface area contributed by atoms with Gasteiger partial charge in [0.2, 0.25) is 5.91 Å². The van der Waals surface area contributed by atoms with Crippen LogP contribution >= 0.6 is 0 Å². The highest BCUT2D eigenvalue weighted by Crippen LogP contribution is 2.24. The quantitative estimate of drug-likeness (QED) is 0.859. The number of nitrogens with one attached hydrogen (secondary N) is 1. The van der Waals surface area contributed by atoms with Gasteiger partial charge < -0.3 is 14.8 Å². The summed E-state index contributed by atoms with van der Waals surface area (Å²) in [6, 6.07) is 0.279. The maximum absolute atomic E-state index is 13.0. The molecule has 2 aromatic heterocycles. The molecule has 1 amide bonds. The Labute approximate surface area is 166 Å². The summed E-state index contributed by atoms with van der Waals surface area (Å²) < 4.78 is 2.09. The summed E-state index contributed by atoms with van der Waals surface area (Å²) in [5.41, 5.74) is 2.19. The van der Waals surface area contributed by atoms with Crippen LogP contribution in [0.2, 0.25) is 0 Å². The van der Waals surface area contributed by atoms with Crippen LogP contribution in [0.1, 0.15) is 62.1 Å². The Bertz CT molecular complexity index is 826. The van der Waals surface area contributed by atoms with E-state index in [1.54, 1.807) is 0 Å². The van der Waals surface area contributed by atoms with Gasteiger partial charge in [-0.1, -0.05) is 20.3 Å². The van der Waals surface area contributed by atoms with Crippen molar-refractivity contribution in [2.75, 3.05) is 13.1 Å². The van der Waals surface area contributed by atoms with Gasteiger partial charge in [-0.25, -0.2) is 15.0 Å². The number of nitrogens with zero attached hydrogens (tertiary/aromatic N) is 5. The van der Waals surface area contributed by atoms with Crippen molar-refractivity contribution in [3.8, 4) is 0 Å². The number of rotatable bonds is 5. The first kappa shape index (κ1) is 19.1. The van der Waals surface area contributed by atoms with Gasteiger partial charge >= 0.3 is 0 Å². The van der Waals surface area contributed by atoms with Gasteiger partial charge in [-0.2, -0.15) is 0 Å². The molecule has 0 spiro atoms. The average molecular weight is 383 g/mol. The molecule has 28 heavy (non-hydrogen) atoms. The zero-order valence-corrected chi connectivity index (χ0v) is 16.9. The van der Waals surface area contributed by atoms with Crippen LogP contribution < -0.4 is 5.32 Å². The molecule has 1 fully saturated rings. The molecule has 4 rings (SSSR count). The fourth-order valence-electron chi connectivity index (χ4n) is 4.27. The molecule has 2 aliphatic heterocycles. The maximum Gasteiger partial charge on any atom is 0.227 e. The lowest BCUT2D eigenvalue weighted by Gasteiger charge is -2.31. The molecule has 0 unspecified atom stereocenters. The second kappa shape index (κ2) is 8.39. The fraction of sp³-hybridized carbons (Fsp3) is 0.619. The molecule has 1 saturated heterocycles. The third kappa shape index (κ3) is 3.94. The summed E-state index contributed by atoms with van der Waals surface area (Å²) >= 11 is 0. The summed E-state index contributed by atoms with van der Waals surface area (Å²) in [5, 5.41) is 3.52. The van der Waals surface area contributed by atoms with Crippen LogP contribution in [0.4, 0.5) is 0 Å². The highest BCUT2D eigenvalue weighted by Gasteiger charge is 2.27. The molecule has 2 aromatic rings. The Kier molecular flexibility index (Phi) is 5.71. The Morgan fingerprint density at radius 2 is 2.25 bits per heavy atom. The van der Waals surface area contributed by atoms with Crippen LogP contribution in [0.25, 0.3) is 0 Å². The molecule has 0 aromatic carbocycles. The zero-order chi connectivity index (χ0) is 19.5. The molecule has 4 heterocycles. The van der Waals surface area contributed by atoms with Gasteiger partial charge in [0.15, 0.2) is 0 Å². The van der Waals surface area contributed by atoms with E-state index in [9.17, 15) is 4.79 Å². The van der Waals surface area contributed by atoms with Gasteiger partial charge in [0, 0.05) is 56.6 Å². The highest BCUT2D eigenvalue weighted by atomic mass is 16.2. The molecule has 7 heteroatoms. The number of aromatic nitrogens is 4. The second-order valence-electron chi connectivity index (χ2n) is 7.96. The van der Waals surface area contributed by atoms with Crippen molar-refractivity contribution in [3.63, 3.8) is 0 Å². The van der Waals surface area contributed by atoms with Crippen molar-refractivity contribution in [2.45, 2.75) is 65.1 Å². The standard InChI is InChI=1S/C21H30N6O/c1-3-19-23-9-11-26(19)13-15(2)21(28)27-10-7-17-16(14-27)12-24-20(25-17)18-6-4-5-8-22-18/h9,11-12,15,18,22H,3-8,10,13-14H2,1-2H3/t15-,18-/m0/s1. The summed E-state index contributed by atoms with van der Waals surface area (Å²) in [6.45, 7) is 7.16. The zero-order valence-electron chi connectivity index (χ0n) is 16.9. The Hall–Kier alpha value is -2.28. The van der Waals surface area contributed by atoms with Crippen molar-refractivity contribution in [3.05, 3.63) is 41.5 Å². The first-order valence-corrected chi connectivity index (χ1v) is 10.5. The second-order valence-corrected chi connectivity index (χ2v) is 7.96. The minimum absolute atomic E-state index is 0.0762. The third-order valence-corrected chi connectivity index (χ3v) is 5.90. The first-order chi connectivity index (χ1) is 13.7. The molecule has 0 bridgehead atoms. The van der Waals surface area contributed by atoms with Crippen molar-refractivity contribution < 1.29 is 4.79 Å². The number of amides is 1. The summed E-state index contributed by atoms with van der Waals surface area (Å²) in [4.78, 5) is 28.7. The maximum atomic E-state index is 13.0. The van der Waals surface area contributed by atoms with Gasteiger partial charge in [-0.3, -0.25) is 4.79 Å². The predicted octanol–water partition coefficient (Wildman–Crippen LogP) is 2.27. The first-order valence-electron chi connectivity index (χ1n) is 10.5. The number of imidazole rings is 1. The number of piperidine rings is 1. The number of hydrogen-bond donors (Lipinski definition) is 1. The molecule has 0 radical (unpaired) electrons. The molecule has 7 nitrogen and oxygen atoms in total. The lowest BCUT2D eigenvalue weighted by Crippen LogP contribution is -2.40. The summed E-state index contributed by atoms with van der Waals surface area (Å²) in [5.74, 6) is 2.06. The minimum Gasteiger partial charge on any atom is -0.338 e. The number of carbonyl (C=O) groups is 1. The number of hydrogen-bond acceptors (Lipinski definition) is 5. The van der Waals surface area contributed by atoms with Gasteiger partial charge in [0.25, 0.3) is 0 Å². The van der Waals surface area contributed by atoms with Crippen molar-refractivity contribution in [1.82, 2.24) is 29.7 Å². The molecule has 0 aliphatic carbocycles. The number of aryl methyl sites for hydroxylation is 1. The fourth-order valence-corrected chi connectivity index (χ4v) is 4.27. The van der Waals surface area contributed by atoms with E-state index < -0.39 is 0 Å². The van der Waals surface area contributed by atoms with Gasteiger partial charge in [-0.05, 0) is 19.4 Å². The number of carbonyl (C=O) groups excluding carboxylic acids is 1. The Balaban J connectivity index is 1.41. The normalized spacial score (nSPS) is 20.6. The summed E-state index contributed by atoms with van der Waals surface area (Å²) in [7, 11) is 0. The van der Waals surface area contributed by atoms with Crippen LogP contribution in [-0.2, 0) is 30.7 Å². The van der Waals surface area contributed by atoms with E-state index in [0.717, 1.165) is 55.3 Å². The van der Waals surface area contributed by atoms with E-state index in [0.29, 0.717) is 13.1 Å². The topological polar surface area (TPSA) is 75.9 Å². The monoisotopic (exact) mass is 382 g/mol. The SMILES string of the molecule is CCc1nccn1C[C@H](C)C(=O)N1CCc2nc([C@@H]3CCCCN3)ncc2C1. The van der Waals surface area contributed by atoms with Crippen molar-refractivity contribution in [1.29, 1.82) is 0 Å². The lowest BCUT2D eigenvalue weighted by atomic mass is 10.0. The van der Waals surface area contributed by atoms with Crippen LogP contribution in [-0.4, -0.2) is 43.4 Å².